The zero-order chi connectivity index (χ0) is 13.0. The van der Waals surface area contributed by atoms with Crippen molar-refractivity contribution in [1.82, 2.24) is 9.78 Å². The molecule has 2 rings (SSSR count). The van der Waals surface area contributed by atoms with Crippen LogP contribution in [0.15, 0.2) is 43.0 Å². The van der Waals surface area contributed by atoms with Gasteiger partial charge in [-0.2, -0.15) is 5.10 Å². The Morgan fingerprint density at radius 1 is 1.44 bits per heavy atom. The Balaban J connectivity index is 2.50. The maximum Gasteiger partial charge on any atom is 0.168 e. The van der Waals surface area contributed by atoms with E-state index in [1.807, 2.05) is 24.3 Å². The highest BCUT2D eigenvalue weighted by Gasteiger charge is 2.11. The molecular formula is C14H14N2O2. The number of hydrogen-bond donors (Lipinski definition) is 0. The molecule has 0 bridgehead atoms. The lowest BCUT2D eigenvalue weighted by Crippen LogP contribution is -2.02. The molecule has 0 N–H and O–H groups in total. The van der Waals surface area contributed by atoms with Crippen LogP contribution in [-0.4, -0.2) is 23.2 Å². The van der Waals surface area contributed by atoms with E-state index in [1.54, 1.807) is 23.9 Å². The molecule has 0 aliphatic heterocycles. The molecule has 0 radical (unpaired) electrons. The Morgan fingerprint density at radius 3 is 2.89 bits per heavy atom. The van der Waals surface area contributed by atoms with Gasteiger partial charge in [-0.15, -0.1) is 6.58 Å². The monoisotopic (exact) mass is 242 g/mol. The van der Waals surface area contributed by atoms with E-state index in [0.717, 1.165) is 23.3 Å². The van der Waals surface area contributed by atoms with Gasteiger partial charge in [-0.3, -0.25) is 9.48 Å². The molecule has 0 aliphatic rings. The summed E-state index contributed by atoms with van der Waals surface area (Å²) in [7, 11) is 1.61. The number of nitrogens with zero attached hydrogens (tertiary/aromatic N) is 2. The van der Waals surface area contributed by atoms with Crippen LogP contribution in [0, 0.1) is 0 Å². The van der Waals surface area contributed by atoms with E-state index in [9.17, 15) is 4.79 Å². The fraction of sp³-hybridized carbons (Fsp3) is 0.143. The first-order chi connectivity index (χ1) is 8.80. The number of rotatable bonds is 5. The van der Waals surface area contributed by atoms with Gasteiger partial charge in [0.2, 0.25) is 0 Å². The summed E-state index contributed by atoms with van der Waals surface area (Å²) < 4.78 is 6.90. The van der Waals surface area contributed by atoms with Gasteiger partial charge in [0.15, 0.2) is 6.29 Å². The second-order valence-corrected chi connectivity index (χ2v) is 3.74. The van der Waals surface area contributed by atoms with Gasteiger partial charge in [0.1, 0.15) is 11.4 Å². The molecule has 0 saturated carbocycles. The first kappa shape index (κ1) is 12.1. The third-order valence-corrected chi connectivity index (χ3v) is 2.62. The quantitative estimate of drug-likeness (QED) is 0.598. The highest BCUT2D eigenvalue weighted by molar-refractivity contribution is 5.77. The summed E-state index contributed by atoms with van der Waals surface area (Å²) in [5.74, 6) is 0.734. The fourth-order valence-corrected chi connectivity index (χ4v) is 1.78. The maximum atomic E-state index is 11.0. The Hall–Kier alpha value is -2.36. The zero-order valence-electron chi connectivity index (χ0n) is 10.2. The van der Waals surface area contributed by atoms with Gasteiger partial charge in [-0.1, -0.05) is 18.2 Å². The zero-order valence-corrected chi connectivity index (χ0v) is 10.2. The second kappa shape index (κ2) is 5.31. The summed E-state index contributed by atoms with van der Waals surface area (Å²) in [6.07, 6.45) is 2.49. The van der Waals surface area contributed by atoms with Crippen LogP contribution in [0.4, 0.5) is 0 Å². The fourth-order valence-electron chi connectivity index (χ4n) is 1.78. The van der Waals surface area contributed by atoms with Crippen molar-refractivity contribution in [2.45, 2.75) is 6.54 Å². The van der Waals surface area contributed by atoms with Crippen LogP contribution in [0.25, 0.3) is 11.3 Å². The number of carbonyl (C=O) groups excluding carboxylic acids is 1. The molecule has 0 amide bonds. The van der Waals surface area contributed by atoms with Crippen LogP contribution in [0.3, 0.4) is 0 Å². The number of aromatic nitrogens is 2. The average Bonchev–Trinajstić information content (AvgIpc) is 2.82. The van der Waals surface area contributed by atoms with Gasteiger partial charge in [0.05, 0.1) is 19.3 Å². The Bertz CT molecular complexity index is 573. The van der Waals surface area contributed by atoms with E-state index in [-0.39, 0.29) is 0 Å². The normalized spacial score (nSPS) is 10.1. The highest BCUT2D eigenvalue weighted by Crippen LogP contribution is 2.28. The third kappa shape index (κ3) is 2.18. The first-order valence-electron chi connectivity index (χ1n) is 5.57. The molecule has 0 fully saturated rings. The molecule has 0 unspecified atom stereocenters. The second-order valence-electron chi connectivity index (χ2n) is 3.74. The summed E-state index contributed by atoms with van der Waals surface area (Å²) in [5.41, 5.74) is 2.11. The minimum atomic E-state index is 0.503. The molecule has 4 heteroatoms. The van der Waals surface area contributed by atoms with Crippen molar-refractivity contribution in [2.75, 3.05) is 7.11 Å². The van der Waals surface area contributed by atoms with Gasteiger partial charge < -0.3 is 4.74 Å². The smallest absolute Gasteiger partial charge is 0.168 e. The number of ether oxygens (including phenoxy) is 1. The summed E-state index contributed by atoms with van der Waals surface area (Å²) in [5, 5.41) is 4.38. The van der Waals surface area contributed by atoms with Gasteiger partial charge in [-0.25, -0.2) is 0 Å². The van der Waals surface area contributed by atoms with Crippen LogP contribution < -0.4 is 4.74 Å². The van der Waals surface area contributed by atoms with Gasteiger partial charge >= 0.3 is 0 Å². The van der Waals surface area contributed by atoms with Crippen molar-refractivity contribution in [2.24, 2.45) is 0 Å². The van der Waals surface area contributed by atoms with Crippen molar-refractivity contribution in [3.05, 3.63) is 48.7 Å². The number of hydrogen-bond acceptors (Lipinski definition) is 3. The van der Waals surface area contributed by atoms with E-state index in [2.05, 4.69) is 11.7 Å². The standard InChI is InChI=1S/C14H14N2O2/c1-3-8-16-11(10-17)9-13(15-16)12-6-4-5-7-14(12)18-2/h3-7,9-10H,1,8H2,2H3. The third-order valence-electron chi connectivity index (χ3n) is 2.62. The predicted octanol–water partition coefficient (Wildman–Crippen LogP) is 2.56. The molecular weight excluding hydrogens is 228 g/mol. The van der Waals surface area contributed by atoms with Crippen LogP contribution in [0.5, 0.6) is 5.75 Å². The van der Waals surface area contributed by atoms with E-state index < -0.39 is 0 Å². The lowest BCUT2D eigenvalue weighted by Gasteiger charge is -2.04. The van der Waals surface area contributed by atoms with E-state index >= 15 is 0 Å². The molecule has 1 aromatic carbocycles. The molecule has 0 saturated heterocycles. The average molecular weight is 242 g/mol. The Kier molecular flexibility index (Phi) is 3.57. The summed E-state index contributed by atoms with van der Waals surface area (Å²) in [4.78, 5) is 11.0. The number of para-hydroxylation sites is 1. The number of aldehydes is 1. The van der Waals surface area contributed by atoms with Crippen molar-refractivity contribution in [1.29, 1.82) is 0 Å². The summed E-state index contributed by atoms with van der Waals surface area (Å²) in [6.45, 7) is 4.15. The van der Waals surface area contributed by atoms with Crippen molar-refractivity contribution < 1.29 is 9.53 Å². The number of methoxy groups -OCH3 is 1. The molecule has 0 spiro atoms. The van der Waals surface area contributed by atoms with Crippen LogP contribution >= 0.6 is 0 Å². The van der Waals surface area contributed by atoms with E-state index in [4.69, 9.17) is 4.74 Å². The number of carbonyl (C=O) groups is 1. The lowest BCUT2D eigenvalue weighted by atomic mass is 10.1. The molecule has 92 valence electrons. The largest absolute Gasteiger partial charge is 0.496 e. The minimum Gasteiger partial charge on any atom is -0.496 e. The molecule has 4 nitrogen and oxygen atoms in total. The summed E-state index contributed by atoms with van der Waals surface area (Å²) in [6, 6.07) is 9.32. The van der Waals surface area contributed by atoms with E-state index in [0.29, 0.717) is 12.2 Å². The number of allylic oxidation sites excluding steroid dienone is 1. The Morgan fingerprint density at radius 2 is 2.22 bits per heavy atom. The molecule has 0 aliphatic carbocycles. The van der Waals surface area contributed by atoms with Crippen molar-refractivity contribution >= 4 is 6.29 Å². The molecule has 1 heterocycles. The van der Waals surface area contributed by atoms with Crippen LogP contribution in [0.2, 0.25) is 0 Å². The molecule has 18 heavy (non-hydrogen) atoms. The SMILES string of the molecule is C=CCn1nc(-c2ccccc2OC)cc1C=O. The van der Waals surface area contributed by atoms with E-state index in [1.165, 1.54) is 0 Å². The minimum absolute atomic E-state index is 0.503. The topological polar surface area (TPSA) is 44.1 Å². The summed E-state index contributed by atoms with van der Waals surface area (Å²) >= 11 is 0. The Labute approximate surface area is 106 Å². The molecule has 2 aromatic rings. The van der Waals surface area contributed by atoms with Gasteiger partial charge in [0.25, 0.3) is 0 Å². The molecule has 0 atom stereocenters. The van der Waals surface area contributed by atoms with Crippen molar-refractivity contribution in [3.63, 3.8) is 0 Å². The van der Waals surface area contributed by atoms with Gasteiger partial charge in [-0.05, 0) is 18.2 Å². The predicted molar refractivity (Wildman–Crippen MR) is 69.8 cm³/mol. The van der Waals surface area contributed by atoms with Crippen LogP contribution in [-0.2, 0) is 6.54 Å². The maximum absolute atomic E-state index is 11.0. The highest BCUT2D eigenvalue weighted by atomic mass is 16.5. The number of benzene rings is 1. The van der Waals surface area contributed by atoms with Gasteiger partial charge in [0, 0.05) is 5.56 Å². The lowest BCUT2D eigenvalue weighted by molar-refractivity contribution is 0.111. The molecule has 1 aromatic heterocycles. The first-order valence-corrected chi connectivity index (χ1v) is 5.57. The van der Waals surface area contributed by atoms with Crippen LogP contribution in [0.1, 0.15) is 10.5 Å². The van der Waals surface area contributed by atoms with Crippen molar-refractivity contribution in [3.8, 4) is 17.0 Å².